The van der Waals surface area contributed by atoms with Crippen LogP contribution in [0.1, 0.15) is 386 Å². The zero-order chi connectivity index (χ0) is 54.1. The molecule has 3 heteroatoms. The molecule has 0 spiro atoms. The molecule has 0 aliphatic carbocycles. The third-order valence-electron chi connectivity index (χ3n) is 16.9. The van der Waals surface area contributed by atoms with Gasteiger partial charge in [-0.25, -0.2) is 0 Å². The molecule has 0 amide bonds. The van der Waals surface area contributed by atoms with Crippen molar-refractivity contribution in [1.29, 1.82) is 0 Å². The summed E-state index contributed by atoms with van der Waals surface area (Å²) in [5.41, 5.74) is 7.63. The summed E-state index contributed by atoms with van der Waals surface area (Å²) >= 11 is 0. The van der Waals surface area contributed by atoms with Crippen molar-refractivity contribution in [3.05, 3.63) is 59.7 Å². The summed E-state index contributed by atoms with van der Waals surface area (Å²) in [6, 6.07) is 18.5. The van der Waals surface area contributed by atoms with E-state index >= 15 is 0 Å². The maximum absolute atomic E-state index is 5.54. The summed E-state index contributed by atoms with van der Waals surface area (Å²) in [6.07, 6.45) is 77.6. The third kappa shape index (κ3) is 47.6. The molecule has 0 aliphatic rings. The minimum atomic E-state index is 0. The Bertz CT molecular complexity index is 1560. The average Bonchev–Trinajstić information content (AvgIpc) is 3.43. The zero-order valence-corrected chi connectivity index (χ0v) is 53.4. The normalized spacial score (nSPS) is 12.0. The van der Waals surface area contributed by atoms with Gasteiger partial charge in [0.25, 0.3) is 0 Å². The van der Waals surface area contributed by atoms with Gasteiger partial charge in [0.15, 0.2) is 0 Å². The first-order valence-corrected chi connectivity index (χ1v) is 35.0. The molecule has 0 saturated heterocycles. The Kier molecular flexibility index (Phi) is 56.1. The van der Waals surface area contributed by atoms with Crippen LogP contribution in [0.2, 0.25) is 0 Å². The molecule has 2 nitrogen and oxygen atoms in total. The second kappa shape index (κ2) is 58.9. The van der Waals surface area contributed by atoms with Gasteiger partial charge in [0.05, 0.1) is 22.8 Å². The van der Waals surface area contributed by atoms with Crippen molar-refractivity contribution in [3.8, 4) is 0 Å². The molecule has 0 bridgehead atoms. The Morgan fingerprint density at radius 2 is 0.455 bits per heavy atom. The predicted molar refractivity (Wildman–Crippen MR) is 346 cm³/mol. The molecule has 0 unspecified atom stereocenters. The van der Waals surface area contributed by atoms with Crippen LogP contribution < -0.4 is 0 Å². The summed E-state index contributed by atoms with van der Waals surface area (Å²) in [5, 5.41) is 0. The molecule has 0 aliphatic heterocycles. The van der Waals surface area contributed by atoms with Crippen molar-refractivity contribution < 1.29 is 16.5 Å². The Labute approximate surface area is 493 Å². The number of benzene rings is 2. The van der Waals surface area contributed by atoms with E-state index in [-0.39, 0.29) is 16.5 Å². The third-order valence-corrected chi connectivity index (χ3v) is 16.9. The Morgan fingerprint density at radius 3 is 0.701 bits per heavy atom. The number of aryl methyl sites for hydroxylation is 2. The minimum absolute atomic E-state index is 0. The monoisotopic (exact) mass is 1110 g/mol. The summed E-state index contributed by atoms with van der Waals surface area (Å²) in [7, 11) is 0. The topological polar surface area (TPSA) is 24.7 Å². The SMILES string of the molecule is CCCCCCCCCCCCCCCCCCCCCCCCCCC(=N\c1cccc(CCCCCCCCCCCCCCC)c1)/C(CCCC)=N/c1cccc(CCCCCCCCCCCCCCC)c1.[Ni]. The number of hydrogen-bond acceptors (Lipinski definition) is 2. The van der Waals surface area contributed by atoms with Crippen LogP contribution in [0, 0.1) is 0 Å². The molecule has 2 rings (SSSR count). The molecule has 0 radical (unpaired) electrons. The fourth-order valence-electron chi connectivity index (χ4n) is 11.7. The van der Waals surface area contributed by atoms with E-state index in [1.807, 2.05) is 0 Å². The summed E-state index contributed by atoms with van der Waals surface area (Å²) in [6.45, 7) is 9.27. The molecular weight excluding hydrogens is 976 g/mol. The van der Waals surface area contributed by atoms with Gasteiger partial charge in [-0.3, -0.25) is 9.98 Å². The number of hydrogen-bond donors (Lipinski definition) is 0. The van der Waals surface area contributed by atoms with E-state index in [1.54, 1.807) is 0 Å². The van der Waals surface area contributed by atoms with Gasteiger partial charge in [0, 0.05) is 16.5 Å². The fourth-order valence-corrected chi connectivity index (χ4v) is 11.7. The molecule has 0 saturated carbocycles. The van der Waals surface area contributed by atoms with Gasteiger partial charge in [-0.1, -0.05) is 360 Å². The number of nitrogens with zero attached hydrogens (tertiary/aromatic N) is 2. The van der Waals surface area contributed by atoms with E-state index in [0.29, 0.717) is 0 Å². The van der Waals surface area contributed by atoms with Gasteiger partial charge in [-0.2, -0.15) is 0 Å². The van der Waals surface area contributed by atoms with Crippen molar-refractivity contribution in [2.45, 2.75) is 387 Å². The zero-order valence-electron chi connectivity index (χ0n) is 52.4. The predicted octanol–water partition coefficient (Wildman–Crippen LogP) is 26.8. The van der Waals surface area contributed by atoms with Crippen molar-refractivity contribution >= 4 is 22.8 Å². The molecule has 0 aromatic heterocycles. The van der Waals surface area contributed by atoms with E-state index in [4.69, 9.17) is 9.98 Å². The summed E-state index contributed by atoms with van der Waals surface area (Å²) in [4.78, 5) is 11.0. The first-order chi connectivity index (χ1) is 37.7. The van der Waals surface area contributed by atoms with Crippen LogP contribution >= 0.6 is 0 Å². The van der Waals surface area contributed by atoms with E-state index in [2.05, 4.69) is 76.2 Å². The van der Waals surface area contributed by atoms with Crippen LogP contribution in [0.4, 0.5) is 11.4 Å². The average molecular weight is 1110 g/mol. The Morgan fingerprint density at radius 1 is 0.247 bits per heavy atom. The van der Waals surface area contributed by atoms with Gasteiger partial charge in [-0.05, 0) is 86.8 Å². The molecule has 0 N–H and O–H groups in total. The Hall–Kier alpha value is -1.73. The molecule has 0 fully saturated rings. The van der Waals surface area contributed by atoms with E-state index in [0.717, 1.165) is 37.1 Å². The summed E-state index contributed by atoms with van der Waals surface area (Å²) in [5.74, 6) is 0. The smallest absolute Gasteiger partial charge is 0.0636 e. The fraction of sp³-hybridized carbons (Fsp3) is 0.811. The quantitative estimate of drug-likeness (QED) is 0.0358. The first kappa shape index (κ1) is 73.3. The van der Waals surface area contributed by atoms with Gasteiger partial charge >= 0.3 is 0 Å². The molecule has 448 valence electrons. The standard InChI is InChI=1S/C74H132N2.Ni/c1-5-9-13-16-19-22-25-28-29-30-31-32-33-34-35-36-37-38-41-44-47-50-53-56-66-74(76-72-64-58-62-70(68-72)60-55-52-49-46-43-40-27-24-21-18-15-11-7-3)73(65-12-8-4)75-71-63-57-61-69(67-71)59-54-51-48-45-42-39-26-23-20-17-14-10-6-2;/h57-58,61-64,67-68H,5-56,59-60,65-66H2,1-4H3;/b75-73+,76-74+;. The Balaban J connectivity index is 0.0000296. The van der Waals surface area contributed by atoms with Crippen LogP contribution in [-0.4, -0.2) is 11.4 Å². The molecule has 2 aromatic rings. The van der Waals surface area contributed by atoms with Crippen LogP contribution in [0.3, 0.4) is 0 Å². The van der Waals surface area contributed by atoms with Crippen molar-refractivity contribution in [2.24, 2.45) is 9.98 Å². The van der Waals surface area contributed by atoms with E-state index in [9.17, 15) is 0 Å². The molecule has 2 aromatic carbocycles. The van der Waals surface area contributed by atoms with Gasteiger partial charge in [0.1, 0.15) is 0 Å². The van der Waals surface area contributed by atoms with Crippen LogP contribution in [0.15, 0.2) is 58.5 Å². The van der Waals surface area contributed by atoms with Gasteiger partial charge in [-0.15, -0.1) is 0 Å². The number of aliphatic imine (C=N–C) groups is 2. The first-order valence-electron chi connectivity index (χ1n) is 35.0. The molecule has 0 atom stereocenters. The second-order valence-corrected chi connectivity index (χ2v) is 24.4. The van der Waals surface area contributed by atoms with Crippen molar-refractivity contribution in [1.82, 2.24) is 0 Å². The van der Waals surface area contributed by atoms with E-state index in [1.165, 1.54) is 356 Å². The minimum Gasteiger partial charge on any atom is -0.252 e. The molecule has 0 heterocycles. The van der Waals surface area contributed by atoms with Gasteiger partial charge in [0.2, 0.25) is 0 Å². The second-order valence-electron chi connectivity index (χ2n) is 24.4. The number of rotatable bonds is 59. The maximum Gasteiger partial charge on any atom is 0.0636 e. The number of unbranched alkanes of at least 4 members (excludes halogenated alkanes) is 48. The van der Waals surface area contributed by atoms with Crippen molar-refractivity contribution in [3.63, 3.8) is 0 Å². The largest absolute Gasteiger partial charge is 0.252 e. The van der Waals surface area contributed by atoms with Crippen molar-refractivity contribution in [2.75, 3.05) is 0 Å². The van der Waals surface area contributed by atoms with Crippen LogP contribution in [0.25, 0.3) is 0 Å². The maximum atomic E-state index is 5.54. The van der Waals surface area contributed by atoms with Crippen LogP contribution in [0.5, 0.6) is 0 Å². The van der Waals surface area contributed by atoms with Gasteiger partial charge < -0.3 is 0 Å². The summed E-state index contributed by atoms with van der Waals surface area (Å²) < 4.78 is 0. The van der Waals surface area contributed by atoms with Crippen LogP contribution in [-0.2, 0) is 29.3 Å². The molecular formula is C74H132N2Ni. The molecule has 77 heavy (non-hydrogen) atoms. The van der Waals surface area contributed by atoms with E-state index < -0.39 is 0 Å².